The second-order valence-corrected chi connectivity index (χ2v) is 6.19. The van der Waals surface area contributed by atoms with E-state index in [1.54, 1.807) is 0 Å². The third kappa shape index (κ3) is 4.54. The molecule has 7 nitrogen and oxygen atoms in total. The van der Waals surface area contributed by atoms with Gasteiger partial charge in [0, 0.05) is 33.2 Å². The van der Waals surface area contributed by atoms with Gasteiger partial charge < -0.3 is 20.3 Å². The molecule has 0 saturated heterocycles. The summed E-state index contributed by atoms with van der Waals surface area (Å²) in [5.41, 5.74) is 7.02. The van der Waals surface area contributed by atoms with E-state index < -0.39 is 5.91 Å². The SMILES string of the molecule is NC(=O)c1ccc(F)cc1.OCCc1nc(-c2c[nH]c3ccc(Cl)cc23)no1. The minimum atomic E-state index is -0.542. The Balaban J connectivity index is 0.000000192. The number of H-pyrrole nitrogens is 1. The van der Waals surface area contributed by atoms with Crippen molar-refractivity contribution in [3.8, 4) is 11.4 Å². The molecule has 2 aromatic carbocycles. The quantitative estimate of drug-likeness (QED) is 0.484. The molecular formula is C19H16ClFN4O3. The van der Waals surface area contributed by atoms with Crippen LogP contribution in [0.1, 0.15) is 16.2 Å². The van der Waals surface area contributed by atoms with Crippen LogP contribution in [0.3, 0.4) is 0 Å². The number of nitrogens with one attached hydrogen (secondary N) is 1. The third-order valence-electron chi connectivity index (χ3n) is 3.81. The predicted octanol–water partition coefficient (Wildman–Crippen LogP) is 3.33. The Bertz CT molecular complexity index is 1090. The number of halogens is 2. The summed E-state index contributed by atoms with van der Waals surface area (Å²) in [6, 6.07) is 10.6. The number of hydrogen-bond donors (Lipinski definition) is 3. The first-order valence-electron chi connectivity index (χ1n) is 8.23. The molecule has 0 radical (unpaired) electrons. The summed E-state index contributed by atoms with van der Waals surface area (Å²) in [4.78, 5) is 17.8. The van der Waals surface area contributed by atoms with Gasteiger partial charge in [0.05, 0.1) is 13.0 Å². The zero-order valence-electron chi connectivity index (χ0n) is 14.5. The highest BCUT2D eigenvalue weighted by molar-refractivity contribution is 6.31. The van der Waals surface area contributed by atoms with Gasteiger partial charge in [0.15, 0.2) is 0 Å². The van der Waals surface area contributed by atoms with Crippen molar-refractivity contribution >= 4 is 28.4 Å². The van der Waals surface area contributed by atoms with E-state index in [-0.39, 0.29) is 12.4 Å². The average molecular weight is 403 g/mol. The van der Waals surface area contributed by atoms with Gasteiger partial charge in [-0.15, -0.1) is 0 Å². The van der Waals surface area contributed by atoms with Crippen molar-refractivity contribution in [2.75, 3.05) is 6.61 Å². The number of carbonyl (C=O) groups excluding carboxylic acids is 1. The van der Waals surface area contributed by atoms with E-state index >= 15 is 0 Å². The maximum absolute atomic E-state index is 12.2. The summed E-state index contributed by atoms with van der Waals surface area (Å²) in [6.45, 7) is -0.0126. The molecule has 4 rings (SSSR count). The van der Waals surface area contributed by atoms with Gasteiger partial charge in [-0.2, -0.15) is 4.98 Å². The van der Waals surface area contributed by atoms with E-state index in [2.05, 4.69) is 15.1 Å². The van der Waals surface area contributed by atoms with Crippen molar-refractivity contribution in [1.29, 1.82) is 0 Å². The zero-order chi connectivity index (χ0) is 20.1. The van der Waals surface area contributed by atoms with Crippen LogP contribution in [-0.4, -0.2) is 32.7 Å². The first-order valence-corrected chi connectivity index (χ1v) is 8.61. The molecule has 144 valence electrons. The predicted molar refractivity (Wildman–Crippen MR) is 102 cm³/mol. The molecule has 0 atom stereocenters. The van der Waals surface area contributed by atoms with Crippen molar-refractivity contribution in [2.45, 2.75) is 6.42 Å². The van der Waals surface area contributed by atoms with Gasteiger partial charge in [-0.1, -0.05) is 16.8 Å². The molecule has 0 fully saturated rings. The smallest absolute Gasteiger partial charge is 0.248 e. The van der Waals surface area contributed by atoms with E-state index in [4.69, 9.17) is 27.0 Å². The fourth-order valence-corrected chi connectivity index (χ4v) is 2.63. The molecular weight excluding hydrogens is 387 g/mol. The first-order chi connectivity index (χ1) is 13.5. The molecule has 4 aromatic rings. The van der Waals surface area contributed by atoms with Crippen LogP contribution in [0.15, 0.2) is 53.2 Å². The number of primary amides is 1. The van der Waals surface area contributed by atoms with Crippen LogP contribution in [0.5, 0.6) is 0 Å². The molecule has 0 saturated carbocycles. The number of fused-ring (bicyclic) bond motifs is 1. The van der Waals surface area contributed by atoms with E-state index in [1.807, 2.05) is 24.4 Å². The largest absolute Gasteiger partial charge is 0.396 e. The number of amides is 1. The molecule has 1 amide bonds. The third-order valence-corrected chi connectivity index (χ3v) is 4.04. The number of hydrogen-bond acceptors (Lipinski definition) is 5. The lowest BCUT2D eigenvalue weighted by molar-refractivity contribution is 0.1000. The molecule has 9 heteroatoms. The molecule has 0 aliphatic heterocycles. The van der Waals surface area contributed by atoms with Crippen molar-refractivity contribution in [3.05, 3.63) is 71.0 Å². The van der Waals surface area contributed by atoms with Crippen molar-refractivity contribution in [1.82, 2.24) is 15.1 Å². The van der Waals surface area contributed by atoms with E-state index in [0.717, 1.165) is 16.5 Å². The van der Waals surface area contributed by atoms with Gasteiger partial charge in [0.25, 0.3) is 0 Å². The number of aliphatic hydroxyl groups excluding tert-OH is 1. The van der Waals surface area contributed by atoms with Crippen LogP contribution in [0, 0.1) is 5.82 Å². The highest BCUT2D eigenvalue weighted by Gasteiger charge is 2.13. The Hall–Kier alpha value is -3.23. The van der Waals surface area contributed by atoms with Gasteiger partial charge >= 0.3 is 0 Å². The number of benzene rings is 2. The molecule has 0 bridgehead atoms. The van der Waals surface area contributed by atoms with Crippen LogP contribution in [0.25, 0.3) is 22.3 Å². The van der Waals surface area contributed by atoms with Crippen molar-refractivity contribution in [3.63, 3.8) is 0 Å². The monoisotopic (exact) mass is 402 g/mol. The normalized spacial score (nSPS) is 10.5. The Labute approximate surface area is 163 Å². The lowest BCUT2D eigenvalue weighted by atomic mass is 10.1. The fourth-order valence-electron chi connectivity index (χ4n) is 2.45. The van der Waals surface area contributed by atoms with Crippen LogP contribution < -0.4 is 5.73 Å². The summed E-state index contributed by atoms with van der Waals surface area (Å²) < 4.78 is 17.2. The Morgan fingerprint density at radius 1 is 1.25 bits per heavy atom. The Kier molecular flexibility index (Phi) is 6.03. The number of aromatic amines is 1. The minimum Gasteiger partial charge on any atom is -0.396 e. The lowest BCUT2D eigenvalue weighted by Gasteiger charge is -1.93. The highest BCUT2D eigenvalue weighted by atomic mass is 35.5. The second-order valence-electron chi connectivity index (χ2n) is 5.75. The molecule has 0 aliphatic rings. The van der Waals surface area contributed by atoms with Crippen LogP contribution >= 0.6 is 11.6 Å². The minimum absolute atomic E-state index is 0.0126. The Morgan fingerprint density at radius 3 is 2.68 bits per heavy atom. The molecule has 4 N–H and O–H groups in total. The molecule has 2 heterocycles. The number of carbonyl (C=O) groups is 1. The van der Waals surface area contributed by atoms with Crippen LogP contribution in [-0.2, 0) is 6.42 Å². The van der Waals surface area contributed by atoms with Gasteiger partial charge in [-0.3, -0.25) is 4.79 Å². The number of aromatic nitrogens is 3. The lowest BCUT2D eigenvalue weighted by Crippen LogP contribution is -2.10. The first kappa shape index (κ1) is 19.5. The molecule has 0 aliphatic carbocycles. The van der Waals surface area contributed by atoms with E-state index in [9.17, 15) is 9.18 Å². The molecule has 0 spiro atoms. The number of nitrogens with zero attached hydrogens (tertiary/aromatic N) is 2. The maximum atomic E-state index is 12.2. The van der Waals surface area contributed by atoms with Gasteiger partial charge in [0.2, 0.25) is 17.6 Å². The zero-order valence-corrected chi connectivity index (χ0v) is 15.3. The number of rotatable bonds is 4. The number of nitrogens with two attached hydrogens (primary N) is 1. The summed E-state index contributed by atoms with van der Waals surface area (Å²) in [6.07, 6.45) is 2.17. The number of aliphatic hydroxyl groups is 1. The van der Waals surface area contributed by atoms with Crippen LogP contribution in [0.4, 0.5) is 4.39 Å². The fraction of sp³-hybridized carbons (Fsp3) is 0.105. The molecule has 0 unspecified atom stereocenters. The summed E-state index contributed by atoms with van der Waals surface area (Å²) in [5, 5.41) is 14.3. The van der Waals surface area contributed by atoms with Gasteiger partial charge in [-0.05, 0) is 42.5 Å². The van der Waals surface area contributed by atoms with Crippen LogP contribution in [0.2, 0.25) is 5.02 Å². The topological polar surface area (TPSA) is 118 Å². The van der Waals surface area contributed by atoms with E-state index in [1.165, 1.54) is 24.3 Å². The van der Waals surface area contributed by atoms with E-state index in [0.29, 0.717) is 28.7 Å². The van der Waals surface area contributed by atoms with Gasteiger partial charge in [-0.25, -0.2) is 4.39 Å². The molecule has 28 heavy (non-hydrogen) atoms. The summed E-state index contributed by atoms with van der Waals surface area (Å²) in [5.74, 6) is 0.000782. The van der Waals surface area contributed by atoms with Crippen molar-refractivity contribution < 1.29 is 18.8 Å². The standard InChI is InChI=1S/C12H10ClN3O2.C7H6FNO/c13-7-1-2-10-8(5-7)9(6-14-10)12-15-11(3-4-17)18-16-12;8-6-3-1-5(2-4-6)7(9)10/h1-2,5-6,14,17H,3-4H2;1-4H,(H2,9,10). The highest BCUT2D eigenvalue weighted by Crippen LogP contribution is 2.28. The molecule has 2 aromatic heterocycles. The average Bonchev–Trinajstić information content (AvgIpc) is 3.29. The second kappa shape index (κ2) is 8.64. The summed E-state index contributed by atoms with van der Waals surface area (Å²) in [7, 11) is 0. The maximum Gasteiger partial charge on any atom is 0.248 e. The van der Waals surface area contributed by atoms with Crippen molar-refractivity contribution in [2.24, 2.45) is 5.73 Å². The summed E-state index contributed by atoms with van der Waals surface area (Å²) >= 11 is 5.98. The Morgan fingerprint density at radius 2 is 2.00 bits per heavy atom. The van der Waals surface area contributed by atoms with Gasteiger partial charge in [0.1, 0.15) is 5.82 Å².